The molecule has 0 aromatic carbocycles. The van der Waals surface area contributed by atoms with Crippen molar-refractivity contribution in [3.8, 4) is 0 Å². The van der Waals surface area contributed by atoms with Gasteiger partial charge in [-0.25, -0.2) is 4.63 Å². The van der Waals surface area contributed by atoms with E-state index in [1.165, 1.54) is 12.8 Å². The van der Waals surface area contributed by atoms with Crippen LogP contribution in [0.25, 0.3) is 0 Å². The standard InChI is InChI=1S/C7H13N3O/c1-2-3-4-5-6-7(8)10-11-9-6/h2-5H2,1H3,(H2,8,10). The number of nitrogen functional groups attached to an aromatic ring is 1. The Bertz CT molecular complexity index is 209. The number of aryl methyl sites for hydroxylation is 1. The van der Waals surface area contributed by atoms with E-state index in [1.54, 1.807) is 0 Å². The first-order valence-corrected chi connectivity index (χ1v) is 3.91. The van der Waals surface area contributed by atoms with Crippen LogP contribution in [0.5, 0.6) is 0 Å². The molecule has 1 aromatic rings. The molecule has 0 fully saturated rings. The van der Waals surface area contributed by atoms with Gasteiger partial charge in [0.25, 0.3) is 0 Å². The van der Waals surface area contributed by atoms with Gasteiger partial charge in [-0.05, 0) is 18.0 Å². The summed E-state index contributed by atoms with van der Waals surface area (Å²) in [6.07, 6.45) is 4.38. The molecule has 4 nitrogen and oxygen atoms in total. The van der Waals surface area contributed by atoms with Crippen LogP contribution >= 0.6 is 0 Å². The Morgan fingerprint density at radius 2 is 2.18 bits per heavy atom. The summed E-state index contributed by atoms with van der Waals surface area (Å²) in [6.45, 7) is 2.16. The van der Waals surface area contributed by atoms with E-state index in [1.807, 2.05) is 0 Å². The Morgan fingerprint density at radius 3 is 2.73 bits per heavy atom. The molecule has 0 atom stereocenters. The molecule has 0 radical (unpaired) electrons. The van der Waals surface area contributed by atoms with Gasteiger partial charge in [-0.3, -0.25) is 0 Å². The Balaban J connectivity index is 2.32. The fourth-order valence-corrected chi connectivity index (χ4v) is 0.929. The average Bonchev–Trinajstić information content (AvgIpc) is 2.37. The molecule has 0 amide bonds. The monoisotopic (exact) mass is 155 g/mol. The maximum atomic E-state index is 5.46. The zero-order chi connectivity index (χ0) is 8.10. The molecule has 1 aromatic heterocycles. The van der Waals surface area contributed by atoms with Crippen LogP contribution in [0.4, 0.5) is 5.82 Å². The number of nitrogens with zero attached hydrogens (tertiary/aromatic N) is 2. The van der Waals surface area contributed by atoms with E-state index in [0.29, 0.717) is 5.82 Å². The van der Waals surface area contributed by atoms with Crippen molar-refractivity contribution in [3.05, 3.63) is 5.69 Å². The Kier molecular flexibility index (Phi) is 2.89. The number of rotatable bonds is 4. The zero-order valence-corrected chi connectivity index (χ0v) is 6.71. The molecular formula is C7H13N3O. The zero-order valence-electron chi connectivity index (χ0n) is 6.71. The number of hydrogen-bond acceptors (Lipinski definition) is 4. The SMILES string of the molecule is CCCCCc1nonc1N. The molecule has 4 heteroatoms. The lowest BCUT2D eigenvalue weighted by molar-refractivity contribution is 0.304. The molecule has 1 rings (SSSR count). The highest BCUT2D eigenvalue weighted by Gasteiger charge is 2.03. The molecule has 0 spiro atoms. The van der Waals surface area contributed by atoms with Gasteiger partial charge in [-0.15, -0.1) is 0 Å². The minimum absolute atomic E-state index is 0.432. The van der Waals surface area contributed by atoms with Crippen LogP contribution in [0.3, 0.4) is 0 Å². The van der Waals surface area contributed by atoms with Crippen molar-refractivity contribution in [2.45, 2.75) is 32.6 Å². The van der Waals surface area contributed by atoms with Gasteiger partial charge >= 0.3 is 0 Å². The first kappa shape index (κ1) is 8.04. The van der Waals surface area contributed by atoms with Crippen LogP contribution in [0.1, 0.15) is 31.9 Å². The lowest BCUT2D eigenvalue weighted by atomic mass is 10.2. The summed E-state index contributed by atoms with van der Waals surface area (Å²) in [5.74, 6) is 0.432. The van der Waals surface area contributed by atoms with E-state index in [9.17, 15) is 0 Å². The van der Waals surface area contributed by atoms with Crippen LogP contribution < -0.4 is 5.73 Å². The predicted octanol–water partition coefficient (Wildman–Crippen LogP) is 1.38. The third kappa shape index (κ3) is 2.22. The largest absolute Gasteiger partial charge is 0.379 e. The lowest BCUT2D eigenvalue weighted by Crippen LogP contribution is -1.93. The summed E-state index contributed by atoms with van der Waals surface area (Å²) in [6, 6.07) is 0. The summed E-state index contributed by atoms with van der Waals surface area (Å²) in [7, 11) is 0. The molecule has 0 saturated carbocycles. The van der Waals surface area contributed by atoms with Gasteiger partial charge in [0.05, 0.1) is 0 Å². The van der Waals surface area contributed by atoms with E-state index in [4.69, 9.17) is 5.73 Å². The third-order valence-electron chi connectivity index (χ3n) is 1.60. The number of nitrogens with two attached hydrogens (primary N) is 1. The van der Waals surface area contributed by atoms with E-state index in [2.05, 4.69) is 21.9 Å². The molecular weight excluding hydrogens is 142 g/mol. The van der Waals surface area contributed by atoms with Crippen LogP contribution in [0, 0.1) is 0 Å². The van der Waals surface area contributed by atoms with Crippen molar-refractivity contribution in [3.63, 3.8) is 0 Å². The van der Waals surface area contributed by atoms with E-state index in [-0.39, 0.29) is 0 Å². The topological polar surface area (TPSA) is 64.9 Å². The second-order valence-electron chi connectivity index (χ2n) is 2.55. The van der Waals surface area contributed by atoms with Gasteiger partial charge in [0, 0.05) is 0 Å². The number of anilines is 1. The van der Waals surface area contributed by atoms with Crippen molar-refractivity contribution in [2.24, 2.45) is 0 Å². The van der Waals surface area contributed by atoms with Crippen LogP contribution in [0.2, 0.25) is 0 Å². The normalized spacial score (nSPS) is 10.3. The van der Waals surface area contributed by atoms with E-state index in [0.717, 1.165) is 18.5 Å². The molecule has 2 N–H and O–H groups in total. The molecule has 0 unspecified atom stereocenters. The molecule has 1 heterocycles. The van der Waals surface area contributed by atoms with Crippen LogP contribution in [0.15, 0.2) is 4.63 Å². The molecule has 0 aliphatic rings. The highest BCUT2D eigenvalue weighted by molar-refractivity contribution is 5.30. The molecule has 62 valence electrons. The fourth-order valence-electron chi connectivity index (χ4n) is 0.929. The van der Waals surface area contributed by atoms with Gasteiger partial charge in [0.2, 0.25) is 0 Å². The van der Waals surface area contributed by atoms with E-state index < -0.39 is 0 Å². The summed E-state index contributed by atoms with van der Waals surface area (Å²) in [4.78, 5) is 0. The fraction of sp³-hybridized carbons (Fsp3) is 0.714. The summed E-state index contributed by atoms with van der Waals surface area (Å²) >= 11 is 0. The Labute approximate surface area is 65.7 Å². The quantitative estimate of drug-likeness (QED) is 0.667. The lowest BCUT2D eigenvalue weighted by Gasteiger charge is -1.93. The van der Waals surface area contributed by atoms with Gasteiger partial charge in [-0.1, -0.05) is 24.9 Å². The van der Waals surface area contributed by atoms with E-state index >= 15 is 0 Å². The van der Waals surface area contributed by atoms with Gasteiger partial charge in [0.1, 0.15) is 5.69 Å². The molecule has 0 aliphatic heterocycles. The maximum Gasteiger partial charge on any atom is 0.191 e. The summed E-state index contributed by atoms with van der Waals surface area (Å²) in [5.41, 5.74) is 6.25. The molecule has 0 aliphatic carbocycles. The van der Waals surface area contributed by atoms with Crippen molar-refractivity contribution in [1.29, 1.82) is 0 Å². The van der Waals surface area contributed by atoms with Crippen LogP contribution in [-0.2, 0) is 6.42 Å². The predicted molar refractivity (Wildman–Crippen MR) is 41.9 cm³/mol. The second kappa shape index (κ2) is 3.95. The number of aromatic nitrogens is 2. The highest BCUT2D eigenvalue weighted by atomic mass is 16.6. The van der Waals surface area contributed by atoms with Crippen molar-refractivity contribution >= 4 is 5.82 Å². The number of unbranched alkanes of at least 4 members (excludes halogenated alkanes) is 2. The number of hydrogen-bond donors (Lipinski definition) is 1. The second-order valence-corrected chi connectivity index (χ2v) is 2.55. The third-order valence-corrected chi connectivity index (χ3v) is 1.60. The Hall–Kier alpha value is -1.06. The van der Waals surface area contributed by atoms with Crippen molar-refractivity contribution in [2.75, 3.05) is 5.73 Å². The van der Waals surface area contributed by atoms with Gasteiger partial charge in [0.15, 0.2) is 5.82 Å². The minimum atomic E-state index is 0.432. The Morgan fingerprint density at radius 1 is 1.36 bits per heavy atom. The minimum Gasteiger partial charge on any atom is -0.379 e. The van der Waals surface area contributed by atoms with Gasteiger partial charge in [-0.2, -0.15) is 0 Å². The smallest absolute Gasteiger partial charge is 0.191 e. The van der Waals surface area contributed by atoms with Gasteiger partial charge < -0.3 is 5.73 Å². The summed E-state index contributed by atoms with van der Waals surface area (Å²) < 4.78 is 4.45. The average molecular weight is 155 g/mol. The molecule has 0 saturated heterocycles. The maximum absolute atomic E-state index is 5.46. The highest BCUT2D eigenvalue weighted by Crippen LogP contribution is 2.08. The van der Waals surface area contributed by atoms with Crippen molar-refractivity contribution in [1.82, 2.24) is 10.3 Å². The first-order valence-electron chi connectivity index (χ1n) is 3.91. The molecule has 0 bridgehead atoms. The summed E-state index contributed by atoms with van der Waals surface area (Å²) in [5, 5.41) is 7.16. The van der Waals surface area contributed by atoms with Crippen molar-refractivity contribution < 1.29 is 4.63 Å². The first-order chi connectivity index (χ1) is 5.34. The molecule has 11 heavy (non-hydrogen) atoms. The van der Waals surface area contributed by atoms with Crippen LogP contribution in [-0.4, -0.2) is 10.3 Å².